The Morgan fingerprint density at radius 2 is 1.92 bits per heavy atom. The van der Waals surface area contributed by atoms with Gasteiger partial charge in [-0.15, -0.1) is 0 Å². The molecule has 0 aliphatic carbocycles. The van der Waals surface area contributed by atoms with E-state index in [0.717, 1.165) is 6.07 Å². The molecule has 8 heteroatoms. The average molecular weight is 397 g/mol. The Kier molecular flexibility index (Phi) is 5.34. The molecule has 0 saturated carbocycles. The molecule has 1 aliphatic rings. The monoisotopic (exact) mass is 396 g/mol. The van der Waals surface area contributed by atoms with E-state index >= 15 is 0 Å². The van der Waals surface area contributed by atoms with Crippen LogP contribution >= 0.6 is 23.2 Å². The number of nitrogens with zero attached hydrogens (tertiary/aromatic N) is 1. The molecular weight excluding hydrogens is 382 g/mol. The Morgan fingerprint density at radius 1 is 1.23 bits per heavy atom. The zero-order chi connectivity index (χ0) is 18.8. The molecule has 1 aliphatic heterocycles. The SMILES string of the molecule is CC(OC(=O)c1ccc(N2CCNC2=O)cc1)c1c(Cl)ccc(F)c1Cl. The van der Waals surface area contributed by atoms with Crippen molar-refractivity contribution in [3.8, 4) is 0 Å². The second-order valence-electron chi connectivity index (χ2n) is 5.73. The summed E-state index contributed by atoms with van der Waals surface area (Å²) in [5.41, 5.74) is 1.19. The van der Waals surface area contributed by atoms with Crippen LogP contribution in [0.4, 0.5) is 14.9 Å². The molecule has 0 radical (unpaired) electrons. The molecule has 1 atom stereocenters. The van der Waals surface area contributed by atoms with Gasteiger partial charge in [0, 0.05) is 29.4 Å². The van der Waals surface area contributed by atoms with E-state index in [4.69, 9.17) is 27.9 Å². The zero-order valence-electron chi connectivity index (χ0n) is 13.8. The summed E-state index contributed by atoms with van der Waals surface area (Å²) in [6.07, 6.45) is -0.831. The minimum atomic E-state index is -0.831. The van der Waals surface area contributed by atoms with Gasteiger partial charge in [-0.3, -0.25) is 4.90 Å². The normalized spacial score (nSPS) is 14.9. The number of carbonyl (C=O) groups excluding carboxylic acids is 2. The summed E-state index contributed by atoms with van der Waals surface area (Å²) >= 11 is 12.0. The number of nitrogens with one attached hydrogen (secondary N) is 1. The molecule has 26 heavy (non-hydrogen) atoms. The molecule has 5 nitrogen and oxygen atoms in total. The van der Waals surface area contributed by atoms with Crippen LogP contribution in [0.3, 0.4) is 0 Å². The molecule has 3 rings (SSSR count). The van der Waals surface area contributed by atoms with Crippen LogP contribution in [0.5, 0.6) is 0 Å². The van der Waals surface area contributed by atoms with Gasteiger partial charge in [0.1, 0.15) is 11.9 Å². The molecule has 0 spiro atoms. The van der Waals surface area contributed by atoms with E-state index in [-0.39, 0.29) is 21.6 Å². The van der Waals surface area contributed by atoms with Gasteiger partial charge in [0.25, 0.3) is 0 Å². The van der Waals surface area contributed by atoms with Gasteiger partial charge < -0.3 is 10.1 Å². The summed E-state index contributed by atoms with van der Waals surface area (Å²) in [5.74, 6) is -1.24. The first-order valence-corrected chi connectivity index (χ1v) is 8.64. The van der Waals surface area contributed by atoms with Gasteiger partial charge >= 0.3 is 12.0 Å². The maximum absolute atomic E-state index is 13.6. The fourth-order valence-electron chi connectivity index (χ4n) is 2.70. The second kappa shape index (κ2) is 7.51. The molecule has 1 heterocycles. The number of benzene rings is 2. The van der Waals surface area contributed by atoms with Crippen LogP contribution in [0.15, 0.2) is 36.4 Å². The highest BCUT2D eigenvalue weighted by Crippen LogP contribution is 2.34. The highest BCUT2D eigenvalue weighted by atomic mass is 35.5. The number of ether oxygens (including phenoxy) is 1. The lowest BCUT2D eigenvalue weighted by Crippen LogP contribution is -2.27. The number of anilines is 1. The summed E-state index contributed by atoms with van der Waals surface area (Å²) in [6.45, 7) is 2.71. The summed E-state index contributed by atoms with van der Waals surface area (Å²) in [5, 5.41) is 2.75. The standard InChI is InChI=1S/C18H15Cl2FN2O3/c1-10(15-13(19)6-7-14(21)16(15)20)26-17(24)11-2-4-12(5-3-11)23-9-8-22-18(23)25/h2-7,10H,8-9H2,1H3,(H,22,25). The summed E-state index contributed by atoms with van der Waals surface area (Å²) < 4.78 is 19.0. The highest BCUT2D eigenvalue weighted by molar-refractivity contribution is 6.36. The van der Waals surface area contributed by atoms with E-state index in [2.05, 4.69) is 5.32 Å². The highest BCUT2D eigenvalue weighted by Gasteiger charge is 2.23. The first-order chi connectivity index (χ1) is 12.4. The number of urea groups is 1. The van der Waals surface area contributed by atoms with E-state index in [1.165, 1.54) is 6.07 Å². The van der Waals surface area contributed by atoms with Crippen LogP contribution in [0, 0.1) is 5.82 Å². The lowest BCUT2D eigenvalue weighted by Gasteiger charge is -2.17. The molecule has 1 fully saturated rings. The van der Waals surface area contributed by atoms with Crippen molar-refractivity contribution in [2.24, 2.45) is 0 Å². The molecule has 0 bridgehead atoms. The smallest absolute Gasteiger partial charge is 0.338 e. The second-order valence-corrected chi connectivity index (χ2v) is 6.52. The number of rotatable bonds is 4. The fourth-order valence-corrected chi connectivity index (χ4v) is 3.38. The maximum atomic E-state index is 13.6. The van der Waals surface area contributed by atoms with Crippen LogP contribution in [-0.4, -0.2) is 25.1 Å². The van der Waals surface area contributed by atoms with Crippen molar-refractivity contribution in [3.05, 3.63) is 63.4 Å². The van der Waals surface area contributed by atoms with Crippen LogP contribution in [0.25, 0.3) is 0 Å². The minimum Gasteiger partial charge on any atom is -0.454 e. The molecule has 2 amide bonds. The quantitative estimate of drug-likeness (QED) is 0.607. The number of carbonyl (C=O) groups is 2. The van der Waals surface area contributed by atoms with E-state index in [1.807, 2.05) is 0 Å². The van der Waals surface area contributed by atoms with Crippen molar-refractivity contribution in [2.75, 3.05) is 18.0 Å². The maximum Gasteiger partial charge on any atom is 0.338 e. The summed E-state index contributed by atoms with van der Waals surface area (Å²) in [6, 6.07) is 8.77. The van der Waals surface area contributed by atoms with Crippen LogP contribution < -0.4 is 10.2 Å². The Balaban J connectivity index is 1.74. The molecule has 1 saturated heterocycles. The molecule has 1 N–H and O–H groups in total. The Bertz CT molecular complexity index is 858. The average Bonchev–Trinajstić information content (AvgIpc) is 3.04. The number of hydrogen-bond donors (Lipinski definition) is 1. The summed E-state index contributed by atoms with van der Waals surface area (Å²) in [4.78, 5) is 25.6. The molecule has 2 aromatic rings. The number of esters is 1. The third kappa shape index (κ3) is 3.61. The predicted molar refractivity (Wildman–Crippen MR) is 97.4 cm³/mol. The molecule has 1 unspecified atom stereocenters. The van der Waals surface area contributed by atoms with Gasteiger partial charge in [0.15, 0.2) is 0 Å². The van der Waals surface area contributed by atoms with Crippen molar-refractivity contribution < 1.29 is 18.7 Å². The van der Waals surface area contributed by atoms with Crippen molar-refractivity contribution in [1.82, 2.24) is 5.32 Å². The minimum absolute atomic E-state index is 0.173. The predicted octanol–water partition coefficient (Wildman–Crippen LogP) is 4.58. The van der Waals surface area contributed by atoms with Crippen LogP contribution in [0.2, 0.25) is 10.0 Å². The van der Waals surface area contributed by atoms with Crippen molar-refractivity contribution in [3.63, 3.8) is 0 Å². The van der Waals surface area contributed by atoms with Crippen molar-refractivity contribution >= 4 is 40.9 Å². The van der Waals surface area contributed by atoms with E-state index < -0.39 is 17.9 Å². The van der Waals surface area contributed by atoms with E-state index in [1.54, 1.807) is 36.1 Å². The zero-order valence-corrected chi connectivity index (χ0v) is 15.3. The van der Waals surface area contributed by atoms with Gasteiger partial charge in [-0.2, -0.15) is 0 Å². The molecular formula is C18H15Cl2FN2O3. The van der Waals surface area contributed by atoms with E-state index in [0.29, 0.717) is 24.3 Å². The number of amides is 2. The first-order valence-electron chi connectivity index (χ1n) is 7.88. The lowest BCUT2D eigenvalue weighted by atomic mass is 10.1. The van der Waals surface area contributed by atoms with Gasteiger partial charge in [-0.1, -0.05) is 23.2 Å². The van der Waals surface area contributed by atoms with Gasteiger partial charge in [-0.25, -0.2) is 14.0 Å². The largest absolute Gasteiger partial charge is 0.454 e. The van der Waals surface area contributed by atoms with Gasteiger partial charge in [0.05, 0.1) is 10.6 Å². The first kappa shape index (κ1) is 18.5. The van der Waals surface area contributed by atoms with Crippen LogP contribution in [0.1, 0.15) is 28.9 Å². The third-order valence-electron chi connectivity index (χ3n) is 4.04. The third-order valence-corrected chi connectivity index (χ3v) is 4.75. The Hall–Kier alpha value is -2.31. The van der Waals surface area contributed by atoms with Gasteiger partial charge in [-0.05, 0) is 43.3 Å². The Morgan fingerprint density at radius 3 is 2.54 bits per heavy atom. The number of halogens is 3. The van der Waals surface area contributed by atoms with Crippen molar-refractivity contribution in [2.45, 2.75) is 13.0 Å². The lowest BCUT2D eigenvalue weighted by molar-refractivity contribution is 0.0338. The van der Waals surface area contributed by atoms with E-state index in [9.17, 15) is 14.0 Å². The Labute approximate surface area is 159 Å². The van der Waals surface area contributed by atoms with Crippen LogP contribution in [-0.2, 0) is 4.74 Å². The van der Waals surface area contributed by atoms with Gasteiger partial charge in [0.2, 0.25) is 0 Å². The van der Waals surface area contributed by atoms with Crippen molar-refractivity contribution in [1.29, 1.82) is 0 Å². The molecule has 136 valence electrons. The molecule has 0 aromatic heterocycles. The fraction of sp³-hybridized carbons (Fsp3) is 0.222. The topological polar surface area (TPSA) is 58.6 Å². The number of hydrogen-bond acceptors (Lipinski definition) is 3. The summed E-state index contributed by atoms with van der Waals surface area (Å²) in [7, 11) is 0. The molecule has 2 aromatic carbocycles.